The zero-order chi connectivity index (χ0) is 12.3. The molecule has 0 aliphatic rings. The number of benzene rings is 1. The summed E-state index contributed by atoms with van der Waals surface area (Å²) >= 11 is 5.94. The highest BCUT2D eigenvalue weighted by Crippen LogP contribution is 2.24. The predicted molar refractivity (Wildman–Crippen MR) is 75.4 cm³/mol. The summed E-state index contributed by atoms with van der Waals surface area (Å²) in [5.74, 6) is 0.0642. The molecule has 5 heteroatoms. The first-order chi connectivity index (χ1) is 7.45. The molecule has 0 saturated carbocycles. The number of nitrogen functional groups attached to an aromatic ring is 1. The van der Waals surface area contributed by atoms with Crippen LogP contribution in [-0.4, -0.2) is 30.8 Å². The van der Waals surface area contributed by atoms with Crippen molar-refractivity contribution in [3.8, 4) is 0 Å². The molecule has 1 aromatic rings. The Hall–Kier alpha value is -0.770. The van der Waals surface area contributed by atoms with E-state index in [1.165, 1.54) is 0 Å². The third kappa shape index (κ3) is 4.19. The van der Waals surface area contributed by atoms with Crippen LogP contribution in [0.15, 0.2) is 12.1 Å². The van der Waals surface area contributed by atoms with Crippen LogP contribution in [0.25, 0.3) is 0 Å². The van der Waals surface area contributed by atoms with Gasteiger partial charge in [0.15, 0.2) is 5.78 Å². The van der Waals surface area contributed by atoms with Gasteiger partial charge in [-0.3, -0.25) is 9.69 Å². The van der Waals surface area contributed by atoms with Gasteiger partial charge in [0.1, 0.15) is 0 Å². The lowest BCUT2D eigenvalue weighted by molar-refractivity contribution is 0.0949. The monoisotopic (exact) mass is 276 g/mol. The normalized spacial score (nSPS) is 10.2. The molecule has 0 fully saturated rings. The average Bonchev–Trinajstić information content (AvgIpc) is 2.24. The maximum absolute atomic E-state index is 11.9. The van der Waals surface area contributed by atoms with Crippen molar-refractivity contribution in [1.82, 2.24) is 4.90 Å². The number of halogens is 2. The summed E-state index contributed by atoms with van der Waals surface area (Å²) in [7, 11) is 1.91. The van der Waals surface area contributed by atoms with E-state index in [0.29, 0.717) is 22.8 Å². The molecule has 0 aliphatic carbocycles. The Kier molecular flexibility index (Phi) is 6.53. The SMILES string of the molecule is CCN(C)CC(=O)c1cc(C)c(N)c(Cl)c1.Cl. The molecule has 2 N–H and O–H groups in total. The molecule has 1 rings (SSSR count). The second kappa shape index (κ2) is 6.84. The van der Waals surface area contributed by atoms with Gasteiger partial charge in [-0.25, -0.2) is 0 Å². The molecule has 0 amide bonds. The zero-order valence-corrected chi connectivity index (χ0v) is 11.9. The molecule has 0 aliphatic heterocycles. The number of likely N-dealkylation sites (N-methyl/N-ethyl adjacent to an activating group) is 1. The smallest absolute Gasteiger partial charge is 0.176 e. The van der Waals surface area contributed by atoms with Crippen LogP contribution in [0.1, 0.15) is 22.8 Å². The van der Waals surface area contributed by atoms with Crippen LogP contribution in [0.2, 0.25) is 5.02 Å². The molecule has 96 valence electrons. The van der Waals surface area contributed by atoms with Crippen LogP contribution in [-0.2, 0) is 0 Å². The van der Waals surface area contributed by atoms with Crippen molar-refractivity contribution < 1.29 is 4.79 Å². The van der Waals surface area contributed by atoms with Gasteiger partial charge in [-0.05, 0) is 38.2 Å². The fourth-order valence-electron chi connectivity index (χ4n) is 1.36. The number of Topliss-reactive ketones (excluding diaryl/α,β-unsaturated/α-hetero) is 1. The number of anilines is 1. The van der Waals surface area contributed by atoms with Gasteiger partial charge >= 0.3 is 0 Å². The minimum atomic E-state index is 0. The van der Waals surface area contributed by atoms with Crippen LogP contribution < -0.4 is 5.73 Å². The zero-order valence-electron chi connectivity index (χ0n) is 10.3. The lowest BCUT2D eigenvalue weighted by Gasteiger charge is -2.13. The van der Waals surface area contributed by atoms with Gasteiger partial charge < -0.3 is 5.73 Å². The second-order valence-corrected chi connectivity index (χ2v) is 4.35. The Morgan fingerprint density at radius 2 is 2.06 bits per heavy atom. The third-order valence-electron chi connectivity index (χ3n) is 2.61. The van der Waals surface area contributed by atoms with E-state index >= 15 is 0 Å². The molecule has 0 bridgehead atoms. The Bertz CT molecular complexity index is 384. The first kappa shape index (κ1) is 16.2. The Labute approximate surface area is 113 Å². The van der Waals surface area contributed by atoms with Gasteiger partial charge in [0.25, 0.3) is 0 Å². The number of ketones is 1. The third-order valence-corrected chi connectivity index (χ3v) is 2.92. The van der Waals surface area contributed by atoms with Crippen LogP contribution in [0, 0.1) is 6.92 Å². The number of aryl methyl sites for hydroxylation is 1. The van der Waals surface area contributed by atoms with E-state index in [2.05, 4.69) is 0 Å². The largest absolute Gasteiger partial charge is 0.397 e. The van der Waals surface area contributed by atoms with Crippen molar-refractivity contribution in [2.24, 2.45) is 0 Å². The number of hydrogen-bond acceptors (Lipinski definition) is 3. The van der Waals surface area contributed by atoms with E-state index in [1.54, 1.807) is 12.1 Å². The lowest BCUT2D eigenvalue weighted by atomic mass is 10.1. The number of nitrogens with zero attached hydrogens (tertiary/aromatic N) is 1. The van der Waals surface area contributed by atoms with E-state index in [0.717, 1.165) is 12.1 Å². The molecular weight excluding hydrogens is 259 g/mol. The highest BCUT2D eigenvalue weighted by atomic mass is 35.5. The second-order valence-electron chi connectivity index (χ2n) is 3.94. The maximum Gasteiger partial charge on any atom is 0.176 e. The minimum absolute atomic E-state index is 0. The van der Waals surface area contributed by atoms with E-state index < -0.39 is 0 Å². The molecular formula is C12H18Cl2N2O. The van der Waals surface area contributed by atoms with Crippen LogP contribution in [0.3, 0.4) is 0 Å². The van der Waals surface area contributed by atoms with Crippen molar-refractivity contribution in [2.75, 3.05) is 25.9 Å². The fraction of sp³-hybridized carbons (Fsp3) is 0.417. The first-order valence-electron chi connectivity index (χ1n) is 5.23. The number of nitrogens with two attached hydrogens (primary N) is 1. The average molecular weight is 277 g/mol. The highest BCUT2D eigenvalue weighted by molar-refractivity contribution is 6.33. The molecule has 17 heavy (non-hydrogen) atoms. The van der Waals surface area contributed by atoms with Crippen molar-refractivity contribution in [3.63, 3.8) is 0 Å². The summed E-state index contributed by atoms with van der Waals surface area (Å²) in [6.07, 6.45) is 0. The summed E-state index contributed by atoms with van der Waals surface area (Å²) in [6.45, 7) is 5.10. The van der Waals surface area contributed by atoms with Crippen LogP contribution in [0.5, 0.6) is 0 Å². The summed E-state index contributed by atoms with van der Waals surface area (Å²) in [6, 6.07) is 3.42. The van der Waals surface area contributed by atoms with Gasteiger partial charge in [0.2, 0.25) is 0 Å². The summed E-state index contributed by atoms with van der Waals surface area (Å²) in [5.41, 5.74) is 7.73. The Balaban J connectivity index is 0.00000256. The first-order valence-corrected chi connectivity index (χ1v) is 5.60. The van der Waals surface area contributed by atoms with Crippen LogP contribution in [0.4, 0.5) is 5.69 Å². The fourth-order valence-corrected chi connectivity index (χ4v) is 1.63. The standard InChI is InChI=1S/C12H17ClN2O.ClH/c1-4-15(3)7-11(16)9-5-8(2)12(14)10(13)6-9;/h5-6H,4,7,14H2,1-3H3;1H. The lowest BCUT2D eigenvalue weighted by Crippen LogP contribution is -2.25. The molecule has 0 saturated heterocycles. The molecule has 0 spiro atoms. The van der Waals surface area contributed by atoms with E-state index in [1.807, 2.05) is 25.8 Å². The minimum Gasteiger partial charge on any atom is -0.397 e. The van der Waals surface area contributed by atoms with Gasteiger partial charge in [0, 0.05) is 5.56 Å². The summed E-state index contributed by atoms with van der Waals surface area (Å²) in [4.78, 5) is 13.8. The molecule has 0 heterocycles. The molecule has 1 aromatic carbocycles. The Morgan fingerprint density at radius 3 is 2.53 bits per heavy atom. The molecule has 0 aromatic heterocycles. The number of rotatable bonds is 4. The van der Waals surface area contributed by atoms with Crippen LogP contribution >= 0.6 is 24.0 Å². The summed E-state index contributed by atoms with van der Waals surface area (Å²) < 4.78 is 0. The Morgan fingerprint density at radius 1 is 1.47 bits per heavy atom. The number of carbonyl (C=O) groups is 1. The molecule has 0 atom stereocenters. The van der Waals surface area contributed by atoms with E-state index in [-0.39, 0.29) is 18.2 Å². The summed E-state index contributed by atoms with van der Waals surface area (Å²) in [5, 5.41) is 0.447. The van der Waals surface area contributed by atoms with Crippen molar-refractivity contribution in [1.29, 1.82) is 0 Å². The topological polar surface area (TPSA) is 46.3 Å². The van der Waals surface area contributed by atoms with Gasteiger partial charge in [0.05, 0.1) is 17.3 Å². The van der Waals surface area contributed by atoms with Crippen molar-refractivity contribution in [2.45, 2.75) is 13.8 Å². The van der Waals surface area contributed by atoms with E-state index in [4.69, 9.17) is 17.3 Å². The quantitative estimate of drug-likeness (QED) is 0.680. The molecule has 0 unspecified atom stereocenters. The van der Waals surface area contributed by atoms with Gasteiger partial charge in [-0.1, -0.05) is 18.5 Å². The number of carbonyl (C=O) groups excluding carboxylic acids is 1. The maximum atomic E-state index is 11.9. The van der Waals surface area contributed by atoms with E-state index in [9.17, 15) is 4.79 Å². The van der Waals surface area contributed by atoms with Crippen molar-refractivity contribution in [3.05, 3.63) is 28.3 Å². The van der Waals surface area contributed by atoms with Gasteiger partial charge in [-0.2, -0.15) is 0 Å². The van der Waals surface area contributed by atoms with Gasteiger partial charge in [-0.15, -0.1) is 12.4 Å². The highest BCUT2D eigenvalue weighted by Gasteiger charge is 2.11. The van der Waals surface area contributed by atoms with Crippen molar-refractivity contribution >= 4 is 35.5 Å². The molecule has 3 nitrogen and oxygen atoms in total. The molecule has 0 radical (unpaired) electrons. The number of hydrogen-bond donors (Lipinski definition) is 1. The predicted octanol–water partition coefficient (Wildman–Crippen LogP) is 2.79.